The summed E-state index contributed by atoms with van der Waals surface area (Å²) in [7, 11) is 0. The van der Waals surface area contributed by atoms with Gasteiger partial charge in [0.05, 0.1) is 0 Å². The van der Waals surface area contributed by atoms with Gasteiger partial charge in [-0.05, 0) is 80.6 Å². The van der Waals surface area contributed by atoms with Gasteiger partial charge in [-0.1, -0.05) is 29.3 Å². The van der Waals surface area contributed by atoms with Crippen LogP contribution in [0.5, 0.6) is 5.75 Å². The van der Waals surface area contributed by atoms with E-state index in [0.29, 0.717) is 32.7 Å². The van der Waals surface area contributed by atoms with Crippen molar-refractivity contribution in [1.82, 2.24) is 0 Å². The molecule has 0 aromatic heterocycles. The van der Waals surface area contributed by atoms with Crippen molar-refractivity contribution in [3.63, 3.8) is 0 Å². The number of rotatable bonds is 6. The highest BCUT2D eigenvalue weighted by Crippen LogP contribution is 2.22. The molecule has 2 N–H and O–H groups in total. The molecule has 3 aromatic carbocycles. The molecular weight excluding hydrogens is 423 g/mol. The Balaban J connectivity index is 1.62. The van der Waals surface area contributed by atoms with Gasteiger partial charge in [-0.3, -0.25) is 9.59 Å². The van der Waals surface area contributed by atoms with Crippen LogP contribution in [0.1, 0.15) is 24.2 Å². The minimum absolute atomic E-state index is 0.274. The number of hydrogen-bond acceptors (Lipinski definition) is 3. The average Bonchev–Trinajstić information content (AvgIpc) is 2.70. The van der Waals surface area contributed by atoms with Gasteiger partial charge < -0.3 is 15.4 Å². The molecule has 0 atom stereocenters. The summed E-state index contributed by atoms with van der Waals surface area (Å²) in [6.07, 6.45) is 0. The fourth-order valence-corrected chi connectivity index (χ4v) is 2.92. The summed E-state index contributed by atoms with van der Waals surface area (Å²) >= 11 is 11.8. The molecular formula is C23H20Cl2N2O3. The van der Waals surface area contributed by atoms with Crippen LogP contribution >= 0.6 is 23.2 Å². The zero-order chi connectivity index (χ0) is 21.7. The number of hydrogen-bond donors (Lipinski definition) is 2. The summed E-state index contributed by atoms with van der Waals surface area (Å²) in [6.45, 7) is 3.33. The quantitative estimate of drug-likeness (QED) is 0.488. The lowest BCUT2D eigenvalue weighted by atomic mass is 10.1. The highest BCUT2D eigenvalue weighted by atomic mass is 35.5. The summed E-state index contributed by atoms with van der Waals surface area (Å²) in [4.78, 5) is 25.0. The van der Waals surface area contributed by atoms with Crippen LogP contribution in [0.4, 0.5) is 11.4 Å². The number of ether oxygens (including phenoxy) is 1. The van der Waals surface area contributed by atoms with Crippen LogP contribution in [0.3, 0.4) is 0 Å². The predicted octanol–water partition coefficient (Wildman–Crippen LogP) is 6.04. The lowest BCUT2D eigenvalue weighted by molar-refractivity contribution is -0.128. The molecule has 0 heterocycles. The molecule has 2 amide bonds. The first kappa shape index (κ1) is 21.7. The van der Waals surface area contributed by atoms with Gasteiger partial charge in [0.25, 0.3) is 11.8 Å². The van der Waals surface area contributed by atoms with E-state index in [1.165, 1.54) is 0 Å². The lowest BCUT2D eigenvalue weighted by Gasteiger charge is -2.25. The summed E-state index contributed by atoms with van der Waals surface area (Å²) < 4.78 is 5.84. The van der Waals surface area contributed by atoms with Crippen molar-refractivity contribution < 1.29 is 14.3 Å². The molecule has 0 radical (unpaired) electrons. The van der Waals surface area contributed by atoms with Crippen molar-refractivity contribution >= 4 is 46.4 Å². The van der Waals surface area contributed by atoms with Gasteiger partial charge in [-0.25, -0.2) is 0 Å². The molecule has 0 saturated carbocycles. The minimum Gasteiger partial charge on any atom is -0.478 e. The molecule has 0 saturated heterocycles. The van der Waals surface area contributed by atoms with Gasteiger partial charge in [0.15, 0.2) is 5.60 Å². The molecule has 7 heteroatoms. The number of nitrogens with one attached hydrogen (secondary N) is 2. The molecule has 0 aliphatic heterocycles. The van der Waals surface area contributed by atoms with E-state index in [-0.39, 0.29) is 11.8 Å². The van der Waals surface area contributed by atoms with Gasteiger partial charge >= 0.3 is 0 Å². The van der Waals surface area contributed by atoms with E-state index in [2.05, 4.69) is 10.6 Å². The molecule has 0 bridgehead atoms. The minimum atomic E-state index is -1.13. The fraction of sp³-hybridized carbons (Fsp3) is 0.130. The Morgan fingerprint density at radius 3 is 2.10 bits per heavy atom. The van der Waals surface area contributed by atoms with Crippen molar-refractivity contribution in [2.75, 3.05) is 10.6 Å². The molecule has 0 aliphatic rings. The smallest absolute Gasteiger partial charge is 0.267 e. The Morgan fingerprint density at radius 1 is 0.800 bits per heavy atom. The van der Waals surface area contributed by atoms with Crippen molar-refractivity contribution in [3.8, 4) is 5.75 Å². The third-order valence-corrected chi connectivity index (χ3v) is 4.71. The van der Waals surface area contributed by atoms with E-state index in [1.807, 2.05) is 0 Å². The van der Waals surface area contributed by atoms with E-state index < -0.39 is 5.60 Å². The molecule has 154 valence electrons. The molecule has 30 heavy (non-hydrogen) atoms. The van der Waals surface area contributed by atoms with E-state index in [9.17, 15) is 9.59 Å². The van der Waals surface area contributed by atoms with Crippen molar-refractivity contribution in [2.24, 2.45) is 0 Å². The molecule has 0 fully saturated rings. The first-order valence-corrected chi connectivity index (χ1v) is 9.91. The van der Waals surface area contributed by atoms with E-state index >= 15 is 0 Å². The second-order valence-corrected chi connectivity index (χ2v) is 7.94. The van der Waals surface area contributed by atoms with Crippen LogP contribution < -0.4 is 15.4 Å². The lowest BCUT2D eigenvalue weighted by Crippen LogP contribution is -2.42. The molecule has 5 nitrogen and oxygen atoms in total. The maximum atomic E-state index is 12.6. The molecule has 3 rings (SSSR count). The van der Waals surface area contributed by atoms with E-state index in [4.69, 9.17) is 27.9 Å². The maximum Gasteiger partial charge on any atom is 0.267 e. The average molecular weight is 443 g/mol. The molecule has 3 aromatic rings. The number of carbonyl (C=O) groups excluding carboxylic acids is 2. The van der Waals surface area contributed by atoms with Gasteiger partial charge in [0.1, 0.15) is 5.75 Å². The van der Waals surface area contributed by atoms with Gasteiger partial charge in [0, 0.05) is 27.0 Å². The number of anilines is 2. The first-order chi connectivity index (χ1) is 14.2. The zero-order valence-electron chi connectivity index (χ0n) is 16.4. The van der Waals surface area contributed by atoms with Crippen LogP contribution in [0.2, 0.25) is 10.0 Å². The standard InChI is InChI=1S/C23H20Cl2N2O3/c1-23(2,22(29)27-18-10-8-16(24)9-11-18)30-20-12-6-15(7-13-20)21(28)26-19-5-3-4-17(25)14-19/h3-14H,1-2H3,(H,26,28)(H,27,29). The van der Waals surface area contributed by atoms with Crippen LogP contribution in [0.15, 0.2) is 72.8 Å². The second kappa shape index (κ2) is 9.20. The summed E-state index contributed by atoms with van der Waals surface area (Å²) in [5, 5.41) is 6.70. The van der Waals surface area contributed by atoms with E-state index in [0.717, 1.165) is 0 Å². The van der Waals surface area contributed by atoms with Gasteiger partial charge in [-0.15, -0.1) is 0 Å². The van der Waals surface area contributed by atoms with Crippen LogP contribution in [-0.4, -0.2) is 17.4 Å². The molecule has 0 spiro atoms. The highest BCUT2D eigenvalue weighted by Gasteiger charge is 2.30. The Hall–Kier alpha value is -3.02. The molecule has 0 aliphatic carbocycles. The summed E-state index contributed by atoms with van der Waals surface area (Å²) in [6, 6.07) is 20.3. The van der Waals surface area contributed by atoms with Crippen LogP contribution in [-0.2, 0) is 4.79 Å². The van der Waals surface area contributed by atoms with Crippen molar-refractivity contribution in [1.29, 1.82) is 0 Å². The number of benzene rings is 3. The highest BCUT2D eigenvalue weighted by molar-refractivity contribution is 6.31. The summed E-state index contributed by atoms with van der Waals surface area (Å²) in [5.41, 5.74) is 0.539. The largest absolute Gasteiger partial charge is 0.478 e. The number of halogens is 2. The second-order valence-electron chi connectivity index (χ2n) is 7.06. The third-order valence-electron chi connectivity index (χ3n) is 4.22. The predicted molar refractivity (Wildman–Crippen MR) is 121 cm³/mol. The fourth-order valence-electron chi connectivity index (χ4n) is 2.60. The zero-order valence-corrected chi connectivity index (χ0v) is 17.9. The maximum absolute atomic E-state index is 12.6. The van der Waals surface area contributed by atoms with Crippen LogP contribution in [0, 0.1) is 0 Å². The Kier molecular flexibility index (Phi) is 6.65. The first-order valence-electron chi connectivity index (χ1n) is 9.16. The Bertz CT molecular complexity index is 1050. The Morgan fingerprint density at radius 2 is 1.47 bits per heavy atom. The SMILES string of the molecule is CC(C)(Oc1ccc(C(=O)Nc2cccc(Cl)c2)cc1)C(=O)Nc1ccc(Cl)cc1. The number of amides is 2. The van der Waals surface area contributed by atoms with E-state index in [1.54, 1.807) is 86.6 Å². The monoisotopic (exact) mass is 442 g/mol. The van der Waals surface area contributed by atoms with Crippen molar-refractivity contribution in [2.45, 2.75) is 19.4 Å². The van der Waals surface area contributed by atoms with Crippen molar-refractivity contribution in [3.05, 3.63) is 88.4 Å². The summed E-state index contributed by atoms with van der Waals surface area (Å²) in [5.74, 6) is -0.123. The van der Waals surface area contributed by atoms with Gasteiger partial charge in [-0.2, -0.15) is 0 Å². The topological polar surface area (TPSA) is 67.4 Å². The van der Waals surface area contributed by atoms with Crippen LogP contribution in [0.25, 0.3) is 0 Å². The Labute approximate surface area is 185 Å². The molecule has 0 unspecified atom stereocenters. The number of carbonyl (C=O) groups is 2. The van der Waals surface area contributed by atoms with Gasteiger partial charge in [0.2, 0.25) is 0 Å². The normalized spacial score (nSPS) is 10.9. The third kappa shape index (κ3) is 5.75.